The first-order valence-electron chi connectivity index (χ1n) is 6.91. The minimum Gasteiger partial charge on any atom is -0.383 e. The highest BCUT2D eigenvalue weighted by Crippen LogP contribution is 2.12. The summed E-state index contributed by atoms with van der Waals surface area (Å²) in [4.78, 5) is 14.6. The van der Waals surface area contributed by atoms with E-state index in [9.17, 15) is 10.1 Å². The third-order valence-corrected chi connectivity index (χ3v) is 2.71. The minimum atomic E-state index is -0.409. The third-order valence-electron chi connectivity index (χ3n) is 2.71. The largest absolute Gasteiger partial charge is 0.383 e. The minimum absolute atomic E-state index is 0.0882. The van der Waals surface area contributed by atoms with Gasteiger partial charge in [-0.05, 0) is 12.0 Å². The smallest absolute Gasteiger partial charge is 0.269 e. The van der Waals surface area contributed by atoms with Gasteiger partial charge in [0.05, 0.1) is 18.1 Å². The van der Waals surface area contributed by atoms with Crippen LogP contribution in [0.1, 0.15) is 18.9 Å². The lowest BCUT2D eigenvalue weighted by molar-refractivity contribution is -0.384. The lowest BCUT2D eigenvalue weighted by atomic mass is 10.2. The molecule has 0 bridgehead atoms. The summed E-state index contributed by atoms with van der Waals surface area (Å²) >= 11 is 0. The Bertz CT molecular complexity index is 460. The van der Waals surface area contributed by atoms with Gasteiger partial charge in [-0.2, -0.15) is 0 Å². The van der Waals surface area contributed by atoms with Gasteiger partial charge in [0, 0.05) is 32.3 Å². The van der Waals surface area contributed by atoms with Crippen molar-refractivity contribution in [2.24, 2.45) is 4.99 Å². The number of rotatable bonds is 8. The average Bonchev–Trinajstić information content (AvgIpc) is 2.50. The average molecular weight is 294 g/mol. The van der Waals surface area contributed by atoms with Gasteiger partial charge in [0.2, 0.25) is 0 Å². The van der Waals surface area contributed by atoms with Crippen molar-refractivity contribution in [2.45, 2.75) is 19.9 Å². The highest BCUT2D eigenvalue weighted by atomic mass is 16.6. The molecule has 0 spiro atoms. The lowest BCUT2D eigenvalue weighted by Gasteiger charge is -2.11. The molecule has 116 valence electrons. The van der Waals surface area contributed by atoms with Crippen LogP contribution in [-0.2, 0) is 11.3 Å². The van der Waals surface area contributed by atoms with Crippen LogP contribution in [0.4, 0.5) is 5.69 Å². The molecule has 2 N–H and O–H groups in total. The van der Waals surface area contributed by atoms with E-state index in [-0.39, 0.29) is 5.69 Å². The highest BCUT2D eigenvalue weighted by molar-refractivity contribution is 5.79. The van der Waals surface area contributed by atoms with E-state index in [2.05, 4.69) is 22.5 Å². The molecule has 0 aliphatic carbocycles. The summed E-state index contributed by atoms with van der Waals surface area (Å²) < 4.78 is 4.99. The van der Waals surface area contributed by atoms with Crippen LogP contribution in [0.5, 0.6) is 0 Å². The van der Waals surface area contributed by atoms with Crippen molar-refractivity contribution in [3.63, 3.8) is 0 Å². The van der Waals surface area contributed by atoms with Crippen molar-refractivity contribution in [2.75, 3.05) is 26.8 Å². The predicted octanol–water partition coefficient (Wildman–Crippen LogP) is 1.69. The number of guanidine groups is 1. The Kier molecular flexibility index (Phi) is 7.81. The Hall–Kier alpha value is -2.15. The van der Waals surface area contributed by atoms with E-state index in [1.807, 2.05) is 0 Å². The van der Waals surface area contributed by atoms with Gasteiger partial charge in [-0.3, -0.25) is 10.1 Å². The molecule has 0 aliphatic rings. The van der Waals surface area contributed by atoms with Crippen LogP contribution in [0.2, 0.25) is 0 Å². The van der Waals surface area contributed by atoms with Crippen LogP contribution < -0.4 is 10.6 Å². The molecule has 0 radical (unpaired) electrons. The second kappa shape index (κ2) is 9.71. The summed E-state index contributed by atoms with van der Waals surface area (Å²) in [6.45, 7) is 4.65. The number of hydrogen-bond donors (Lipinski definition) is 2. The van der Waals surface area contributed by atoms with Crippen molar-refractivity contribution >= 4 is 11.6 Å². The normalized spacial score (nSPS) is 11.2. The third kappa shape index (κ3) is 6.71. The van der Waals surface area contributed by atoms with E-state index in [1.54, 1.807) is 19.2 Å². The summed E-state index contributed by atoms with van der Waals surface area (Å²) in [5, 5.41) is 17.0. The summed E-state index contributed by atoms with van der Waals surface area (Å²) in [5.74, 6) is 0.715. The molecule has 1 rings (SSSR count). The molecular formula is C14H22N4O3. The van der Waals surface area contributed by atoms with Gasteiger partial charge in [-0.25, -0.2) is 4.99 Å². The maximum absolute atomic E-state index is 10.6. The topological polar surface area (TPSA) is 88.8 Å². The van der Waals surface area contributed by atoms with Crippen molar-refractivity contribution < 1.29 is 9.66 Å². The molecule has 0 aromatic heterocycles. The number of methoxy groups -OCH3 is 1. The summed E-state index contributed by atoms with van der Waals surface area (Å²) in [5.41, 5.74) is 1.01. The van der Waals surface area contributed by atoms with Gasteiger partial charge >= 0.3 is 0 Å². The van der Waals surface area contributed by atoms with Crippen LogP contribution >= 0.6 is 0 Å². The van der Waals surface area contributed by atoms with Crippen LogP contribution in [0.25, 0.3) is 0 Å². The van der Waals surface area contributed by atoms with Gasteiger partial charge in [-0.15, -0.1) is 0 Å². The van der Waals surface area contributed by atoms with E-state index in [0.717, 1.165) is 18.5 Å². The zero-order valence-electron chi connectivity index (χ0n) is 12.5. The first-order chi connectivity index (χ1) is 10.2. The lowest BCUT2D eigenvalue weighted by Crippen LogP contribution is -2.39. The molecule has 0 aliphatic heterocycles. The Balaban J connectivity index is 2.59. The Morgan fingerprint density at radius 1 is 1.29 bits per heavy atom. The zero-order valence-corrected chi connectivity index (χ0v) is 12.5. The summed E-state index contributed by atoms with van der Waals surface area (Å²) in [6, 6.07) is 6.41. The number of nitrogens with zero attached hydrogens (tertiary/aromatic N) is 2. The fourth-order valence-electron chi connectivity index (χ4n) is 1.58. The van der Waals surface area contributed by atoms with E-state index in [0.29, 0.717) is 25.7 Å². The number of ether oxygens (including phenoxy) is 1. The van der Waals surface area contributed by atoms with Gasteiger partial charge < -0.3 is 15.4 Å². The van der Waals surface area contributed by atoms with Crippen LogP contribution in [0, 0.1) is 10.1 Å². The van der Waals surface area contributed by atoms with Crippen LogP contribution in [-0.4, -0.2) is 37.7 Å². The van der Waals surface area contributed by atoms with E-state index < -0.39 is 4.92 Å². The molecule has 0 heterocycles. The van der Waals surface area contributed by atoms with E-state index in [1.165, 1.54) is 12.1 Å². The molecule has 0 amide bonds. The van der Waals surface area contributed by atoms with Crippen molar-refractivity contribution in [3.8, 4) is 0 Å². The molecule has 0 atom stereocenters. The number of hydrogen-bond acceptors (Lipinski definition) is 4. The molecule has 21 heavy (non-hydrogen) atoms. The summed E-state index contributed by atoms with van der Waals surface area (Å²) in [7, 11) is 1.65. The second-order valence-electron chi connectivity index (χ2n) is 4.43. The molecule has 0 saturated carbocycles. The van der Waals surface area contributed by atoms with Crippen LogP contribution in [0.15, 0.2) is 29.3 Å². The van der Waals surface area contributed by atoms with E-state index >= 15 is 0 Å². The van der Waals surface area contributed by atoms with Crippen LogP contribution in [0.3, 0.4) is 0 Å². The fraction of sp³-hybridized carbons (Fsp3) is 0.500. The standard InChI is InChI=1S/C14H22N4O3/c1-3-8-15-14(16-9-10-21-2)17-11-12-4-6-13(7-5-12)18(19)20/h4-7H,3,8-11H2,1-2H3,(H2,15,16,17). The first-order valence-corrected chi connectivity index (χ1v) is 6.91. The number of nitrogens with one attached hydrogen (secondary N) is 2. The number of nitro groups is 1. The Morgan fingerprint density at radius 2 is 1.95 bits per heavy atom. The van der Waals surface area contributed by atoms with Gasteiger partial charge in [0.25, 0.3) is 5.69 Å². The molecule has 1 aromatic rings. The second-order valence-corrected chi connectivity index (χ2v) is 4.43. The van der Waals surface area contributed by atoms with Gasteiger partial charge in [0.15, 0.2) is 5.96 Å². The molecule has 7 heteroatoms. The molecule has 1 aromatic carbocycles. The van der Waals surface area contributed by atoms with Crippen molar-refractivity contribution in [1.29, 1.82) is 0 Å². The van der Waals surface area contributed by atoms with Crippen molar-refractivity contribution in [3.05, 3.63) is 39.9 Å². The Morgan fingerprint density at radius 3 is 2.52 bits per heavy atom. The Labute approximate surface area is 124 Å². The maximum atomic E-state index is 10.6. The maximum Gasteiger partial charge on any atom is 0.269 e. The number of aliphatic imine (C=N–C) groups is 1. The molecular weight excluding hydrogens is 272 g/mol. The monoisotopic (exact) mass is 294 g/mol. The van der Waals surface area contributed by atoms with Gasteiger partial charge in [0.1, 0.15) is 0 Å². The molecule has 0 saturated heterocycles. The number of nitro benzene ring substituents is 1. The van der Waals surface area contributed by atoms with Gasteiger partial charge in [-0.1, -0.05) is 19.1 Å². The highest BCUT2D eigenvalue weighted by Gasteiger charge is 2.04. The molecule has 0 unspecified atom stereocenters. The van der Waals surface area contributed by atoms with Crippen molar-refractivity contribution in [1.82, 2.24) is 10.6 Å². The SMILES string of the molecule is CCCNC(=NCc1ccc([N+](=O)[O-])cc1)NCCOC. The number of benzene rings is 1. The zero-order chi connectivity index (χ0) is 15.5. The summed E-state index contributed by atoms with van der Waals surface area (Å²) in [6.07, 6.45) is 1.00. The first kappa shape index (κ1) is 16.9. The quantitative estimate of drug-likeness (QED) is 0.250. The molecule has 0 fully saturated rings. The molecule has 7 nitrogen and oxygen atoms in total. The predicted molar refractivity (Wildman–Crippen MR) is 82.4 cm³/mol. The fourth-order valence-corrected chi connectivity index (χ4v) is 1.58. The number of non-ortho nitro benzene ring substituents is 1. The van der Waals surface area contributed by atoms with E-state index in [4.69, 9.17) is 4.74 Å².